The Morgan fingerprint density at radius 2 is 2.06 bits per heavy atom. The molecule has 0 saturated heterocycles. The molecule has 0 atom stereocenters. The standard InChI is InChI=1S/C12H22N4OS/c1-4-9-11(12(17)15-13)18-10(14-9)7-8-16(5-2)6-3/h4-8,13H2,1-3H3,(H,15,17). The highest BCUT2D eigenvalue weighted by molar-refractivity contribution is 7.13. The molecule has 1 rings (SSSR count). The van der Waals surface area contributed by atoms with E-state index in [9.17, 15) is 4.79 Å². The normalized spacial score (nSPS) is 10.9. The minimum absolute atomic E-state index is 0.238. The van der Waals surface area contributed by atoms with E-state index >= 15 is 0 Å². The molecule has 0 radical (unpaired) electrons. The Morgan fingerprint density at radius 3 is 2.56 bits per heavy atom. The van der Waals surface area contributed by atoms with Gasteiger partial charge in [0.05, 0.1) is 10.7 Å². The molecule has 0 aromatic carbocycles. The molecule has 0 aliphatic rings. The van der Waals surface area contributed by atoms with E-state index in [2.05, 4.69) is 29.2 Å². The summed E-state index contributed by atoms with van der Waals surface area (Å²) in [7, 11) is 0. The van der Waals surface area contributed by atoms with Gasteiger partial charge in [0, 0.05) is 13.0 Å². The zero-order chi connectivity index (χ0) is 13.5. The Kier molecular flexibility index (Phi) is 6.24. The van der Waals surface area contributed by atoms with E-state index in [1.54, 1.807) is 0 Å². The number of rotatable bonds is 7. The van der Waals surface area contributed by atoms with Gasteiger partial charge in [-0.1, -0.05) is 20.8 Å². The number of nitrogen functional groups attached to an aromatic ring is 1. The fourth-order valence-electron chi connectivity index (χ4n) is 1.78. The molecule has 0 unspecified atom stereocenters. The number of thiazole rings is 1. The van der Waals surface area contributed by atoms with E-state index in [-0.39, 0.29) is 5.91 Å². The van der Waals surface area contributed by atoms with Gasteiger partial charge in [0.25, 0.3) is 5.91 Å². The largest absolute Gasteiger partial charge is 0.303 e. The van der Waals surface area contributed by atoms with Crippen LogP contribution in [0.3, 0.4) is 0 Å². The molecule has 0 aliphatic heterocycles. The summed E-state index contributed by atoms with van der Waals surface area (Å²) in [6.45, 7) is 9.35. The third-order valence-electron chi connectivity index (χ3n) is 2.95. The van der Waals surface area contributed by atoms with Gasteiger partial charge in [0.2, 0.25) is 0 Å². The van der Waals surface area contributed by atoms with Gasteiger partial charge in [-0.2, -0.15) is 0 Å². The van der Waals surface area contributed by atoms with Crippen molar-refractivity contribution in [3.8, 4) is 0 Å². The van der Waals surface area contributed by atoms with Gasteiger partial charge in [-0.3, -0.25) is 10.2 Å². The van der Waals surface area contributed by atoms with Crippen LogP contribution >= 0.6 is 11.3 Å². The summed E-state index contributed by atoms with van der Waals surface area (Å²) in [5, 5.41) is 1.01. The average Bonchev–Trinajstić information content (AvgIpc) is 2.82. The maximum atomic E-state index is 11.6. The van der Waals surface area contributed by atoms with Crippen molar-refractivity contribution in [3.63, 3.8) is 0 Å². The average molecular weight is 270 g/mol. The van der Waals surface area contributed by atoms with Crippen LogP contribution in [0.4, 0.5) is 0 Å². The lowest BCUT2D eigenvalue weighted by molar-refractivity contribution is 0.0956. The van der Waals surface area contributed by atoms with Crippen LogP contribution in [-0.4, -0.2) is 35.4 Å². The van der Waals surface area contributed by atoms with Crippen molar-refractivity contribution in [3.05, 3.63) is 15.6 Å². The van der Waals surface area contributed by atoms with Crippen LogP contribution in [0.1, 0.15) is 41.1 Å². The van der Waals surface area contributed by atoms with Crippen molar-refractivity contribution in [2.75, 3.05) is 19.6 Å². The van der Waals surface area contributed by atoms with Crippen LogP contribution in [0.25, 0.3) is 0 Å². The van der Waals surface area contributed by atoms with Crippen molar-refractivity contribution in [2.45, 2.75) is 33.6 Å². The fraction of sp³-hybridized carbons (Fsp3) is 0.667. The molecule has 0 aliphatic carbocycles. The van der Waals surface area contributed by atoms with E-state index in [1.807, 2.05) is 6.92 Å². The van der Waals surface area contributed by atoms with Crippen molar-refractivity contribution in [1.82, 2.24) is 15.3 Å². The highest BCUT2D eigenvalue weighted by Crippen LogP contribution is 2.19. The molecule has 0 spiro atoms. The van der Waals surface area contributed by atoms with E-state index in [0.29, 0.717) is 4.88 Å². The molecule has 18 heavy (non-hydrogen) atoms. The molecule has 1 aromatic heterocycles. The Hall–Kier alpha value is -0.980. The number of amides is 1. The second-order valence-electron chi connectivity index (χ2n) is 3.99. The first-order valence-corrected chi connectivity index (χ1v) is 7.19. The maximum absolute atomic E-state index is 11.6. The number of aryl methyl sites for hydroxylation is 1. The van der Waals surface area contributed by atoms with Crippen LogP contribution in [0.2, 0.25) is 0 Å². The minimum atomic E-state index is -0.238. The number of hydrogen-bond acceptors (Lipinski definition) is 5. The predicted octanol–water partition coefficient (Wildman–Crippen LogP) is 1.19. The van der Waals surface area contributed by atoms with E-state index < -0.39 is 0 Å². The van der Waals surface area contributed by atoms with Gasteiger partial charge in [0.15, 0.2) is 0 Å². The fourth-order valence-corrected chi connectivity index (χ4v) is 2.83. The highest BCUT2D eigenvalue weighted by atomic mass is 32.1. The summed E-state index contributed by atoms with van der Waals surface area (Å²) in [6.07, 6.45) is 1.64. The second-order valence-corrected chi connectivity index (χ2v) is 5.07. The number of nitrogens with two attached hydrogens (primary N) is 1. The zero-order valence-electron chi connectivity index (χ0n) is 11.3. The van der Waals surface area contributed by atoms with Crippen LogP contribution in [0.15, 0.2) is 0 Å². The van der Waals surface area contributed by atoms with Crippen molar-refractivity contribution >= 4 is 17.2 Å². The third kappa shape index (κ3) is 3.76. The summed E-state index contributed by atoms with van der Waals surface area (Å²) in [5.74, 6) is 4.94. The first-order chi connectivity index (χ1) is 8.65. The maximum Gasteiger partial charge on any atom is 0.277 e. The van der Waals surface area contributed by atoms with Crippen molar-refractivity contribution in [1.29, 1.82) is 0 Å². The highest BCUT2D eigenvalue weighted by Gasteiger charge is 2.16. The number of carbonyl (C=O) groups excluding carboxylic acids is 1. The monoisotopic (exact) mass is 270 g/mol. The van der Waals surface area contributed by atoms with Crippen LogP contribution in [0, 0.1) is 0 Å². The number of nitrogens with one attached hydrogen (secondary N) is 1. The first-order valence-electron chi connectivity index (χ1n) is 6.38. The number of likely N-dealkylation sites (N-methyl/N-ethyl adjacent to an activating group) is 1. The first kappa shape index (κ1) is 15.1. The number of hydrogen-bond donors (Lipinski definition) is 2. The molecule has 0 saturated carbocycles. The Morgan fingerprint density at radius 1 is 1.39 bits per heavy atom. The molecule has 0 bridgehead atoms. The molecule has 0 fully saturated rings. The zero-order valence-corrected chi connectivity index (χ0v) is 12.1. The van der Waals surface area contributed by atoms with Gasteiger partial charge < -0.3 is 4.90 Å². The van der Waals surface area contributed by atoms with Crippen molar-refractivity contribution in [2.24, 2.45) is 5.84 Å². The van der Waals surface area contributed by atoms with E-state index in [1.165, 1.54) is 11.3 Å². The van der Waals surface area contributed by atoms with Crippen LogP contribution < -0.4 is 11.3 Å². The van der Waals surface area contributed by atoms with Crippen LogP contribution in [0.5, 0.6) is 0 Å². The lowest BCUT2D eigenvalue weighted by Crippen LogP contribution is -2.30. The lowest BCUT2D eigenvalue weighted by Gasteiger charge is -2.16. The summed E-state index contributed by atoms with van der Waals surface area (Å²) in [4.78, 5) is 19.1. The van der Waals surface area contributed by atoms with Gasteiger partial charge in [0.1, 0.15) is 4.88 Å². The van der Waals surface area contributed by atoms with Crippen LogP contribution in [-0.2, 0) is 12.8 Å². The molecule has 1 amide bonds. The van der Waals surface area contributed by atoms with Gasteiger partial charge >= 0.3 is 0 Å². The number of aromatic nitrogens is 1. The third-order valence-corrected chi connectivity index (χ3v) is 4.11. The lowest BCUT2D eigenvalue weighted by atomic mass is 10.3. The van der Waals surface area contributed by atoms with E-state index in [0.717, 1.165) is 43.2 Å². The molecule has 1 aromatic rings. The quantitative estimate of drug-likeness (QED) is 0.443. The van der Waals surface area contributed by atoms with E-state index in [4.69, 9.17) is 5.84 Å². The van der Waals surface area contributed by atoms with Gasteiger partial charge in [-0.05, 0) is 19.5 Å². The Bertz CT molecular complexity index is 387. The number of carbonyl (C=O) groups is 1. The number of hydrazine groups is 1. The van der Waals surface area contributed by atoms with Crippen molar-refractivity contribution < 1.29 is 4.79 Å². The molecule has 102 valence electrons. The summed E-state index contributed by atoms with van der Waals surface area (Å²) < 4.78 is 0. The molecular weight excluding hydrogens is 248 g/mol. The smallest absolute Gasteiger partial charge is 0.277 e. The SMILES string of the molecule is CCc1nc(CCN(CC)CC)sc1C(=O)NN. The Balaban J connectivity index is 2.73. The predicted molar refractivity (Wildman–Crippen MR) is 74.6 cm³/mol. The summed E-state index contributed by atoms with van der Waals surface area (Å²) in [5.41, 5.74) is 3.02. The molecular formula is C12H22N4OS. The second kappa shape index (κ2) is 7.45. The minimum Gasteiger partial charge on any atom is -0.303 e. The molecule has 5 nitrogen and oxygen atoms in total. The summed E-state index contributed by atoms with van der Waals surface area (Å²) >= 11 is 1.45. The van der Waals surface area contributed by atoms with Gasteiger partial charge in [-0.25, -0.2) is 10.8 Å². The molecule has 1 heterocycles. The molecule has 3 N–H and O–H groups in total. The Labute approximate surface area is 112 Å². The number of nitrogens with zero attached hydrogens (tertiary/aromatic N) is 2. The topological polar surface area (TPSA) is 71.2 Å². The molecule has 6 heteroatoms. The van der Waals surface area contributed by atoms with Gasteiger partial charge in [-0.15, -0.1) is 11.3 Å². The summed E-state index contributed by atoms with van der Waals surface area (Å²) in [6, 6.07) is 0.